The normalized spacial score (nSPS) is 15.0. The molecular weight excluding hydrogens is 274 g/mol. The number of alkyl halides is 2. The van der Waals surface area contributed by atoms with Crippen molar-refractivity contribution in [1.82, 2.24) is 4.67 Å². The van der Waals surface area contributed by atoms with E-state index in [4.69, 9.17) is 33.2 Å². The Kier molecular flexibility index (Phi) is 9.61. The van der Waals surface area contributed by atoms with E-state index in [1.54, 1.807) is 0 Å². The zero-order valence-electron chi connectivity index (χ0n) is 8.98. The highest BCUT2D eigenvalue weighted by Gasteiger charge is 2.26. The Hall–Kier alpha value is 0.360. The van der Waals surface area contributed by atoms with Gasteiger partial charge in [-0.3, -0.25) is 4.57 Å². The van der Waals surface area contributed by atoms with Gasteiger partial charge in [0.25, 0.3) is 0 Å². The Morgan fingerprint density at radius 2 is 1.88 bits per heavy atom. The summed E-state index contributed by atoms with van der Waals surface area (Å²) in [5.41, 5.74) is 5.57. The number of nitrogens with zero attached hydrogens (tertiary/aromatic N) is 1. The largest absolute Gasteiger partial charge is 0.340 e. The number of hydrogen-bond donors (Lipinski definition) is 1. The first-order valence-corrected chi connectivity index (χ1v) is 7.64. The second-order valence-electron chi connectivity index (χ2n) is 3.04. The van der Waals surface area contributed by atoms with Crippen LogP contribution < -0.4 is 5.50 Å². The number of halogens is 2. The molecule has 0 aromatic rings. The Bertz CT molecular complexity index is 237. The summed E-state index contributed by atoms with van der Waals surface area (Å²) in [6.07, 6.45) is 1.64. The first kappa shape index (κ1) is 16.4. The van der Waals surface area contributed by atoms with E-state index in [-0.39, 0.29) is 6.61 Å². The van der Waals surface area contributed by atoms with Gasteiger partial charge in [0.05, 0.1) is 6.61 Å². The molecule has 0 amide bonds. The predicted octanol–water partition coefficient (Wildman–Crippen LogP) is 1.83. The summed E-state index contributed by atoms with van der Waals surface area (Å²) in [5, 5.41) is 0. The maximum absolute atomic E-state index is 11.9. The molecule has 0 aromatic heterocycles. The van der Waals surface area contributed by atoms with Gasteiger partial charge in [-0.25, -0.2) is 10.2 Å². The molecule has 0 aliphatic heterocycles. The third kappa shape index (κ3) is 6.84. The highest BCUT2D eigenvalue weighted by molar-refractivity contribution is 7.53. The van der Waals surface area contributed by atoms with E-state index >= 15 is 0 Å². The molecule has 16 heavy (non-hydrogen) atoms. The summed E-state index contributed by atoms with van der Waals surface area (Å²) in [6.45, 7) is 0.902. The lowest BCUT2D eigenvalue weighted by Crippen LogP contribution is -2.29. The minimum Gasteiger partial charge on any atom is -0.306 e. The third-order valence-electron chi connectivity index (χ3n) is 1.82. The van der Waals surface area contributed by atoms with Crippen LogP contribution in [0.1, 0.15) is 12.8 Å². The highest BCUT2D eigenvalue weighted by Crippen LogP contribution is 2.42. The van der Waals surface area contributed by atoms with E-state index in [1.165, 1.54) is 4.67 Å². The number of unbranched alkanes of at least 4 members (excludes halogenated alkanes) is 1. The van der Waals surface area contributed by atoms with Crippen LogP contribution in [-0.2, 0) is 13.9 Å². The summed E-state index contributed by atoms with van der Waals surface area (Å²) in [5.74, 6) is 0.603. The summed E-state index contributed by atoms with van der Waals surface area (Å²) in [6, 6.07) is 0. The standard InChI is InChI=1S/C8H17Cl2N2O3P/c9-3-5-12(6-4-10)16(11,14)15-8-2-1-7-13/h7H,1-6,8H2,(H2,11,14). The van der Waals surface area contributed by atoms with Gasteiger partial charge < -0.3 is 9.32 Å². The summed E-state index contributed by atoms with van der Waals surface area (Å²) < 4.78 is 18.5. The Balaban J connectivity index is 4.12. The molecule has 2 N–H and O–H groups in total. The number of rotatable bonds is 10. The van der Waals surface area contributed by atoms with Crippen molar-refractivity contribution in [1.29, 1.82) is 0 Å². The van der Waals surface area contributed by atoms with Crippen LogP contribution in [0.3, 0.4) is 0 Å². The second kappa shape index (κ2) is 9.40. The van der Waals surface area contributed by atoms with Crippen LogP contribution in [0.2, 0.25) is 0 Å². The van der Waals surface area contributed by atoms with Crippen LogP contribution in [0.5, 0.6) is 0 Å². The highest BCUT2D eigenvalue weighted by atomic mass is 35.5. The summed E-state index contributed by atoms with van der Waals surface area (Å²) in [4.78, 5) is 10.1. The summed E-state index contributed by atoms with van der Waals surface area (Å²) >= 11 is 11.1. The van der Waals surface area contributed by atoms with E-state index in [1.807, 2.05) is 0 Å². The third-order valence-corrected chi connectivity index (χ3v) is 3.90. The van der Waals surface area contributed by atoms with Crippen LogP contribution in [0.25, 0.3) is 0 Å². The van der Waals surface area contributed by atoms with Crippen molar-refractivity contribution in [3.63, 3.8) is 0 Å². The van der Waals surface area contributed by atoms with Crippen LogP contribution in [0, 0.1) is 0 Å². The van der Waals surface area contributed by atoms with Gasteiger partial charge in [0.15, 0.2) is 0 Å². The summed E-state index contributed by atoms with van der Waals surface area (Å²) in [7, 11) is -3.33. The number of nitrogens with two attached hydrogens (primary N) is 1. The van der Waals surface area contributed by atoms with E-state index in [2.05, 4.69) is 0 Å². The van der Waals surface area contributed by atoms with Crippen LogP contribution >= 0.6 is 30.9 Å². The van der Waals surface area contributed by atoms with Crippen molar-refractivity contribution in [2.45, 2.75) is 12.8 Å². The fourth-order valence-corrected chi connectivity index (χ4v) is 2.98. The zero-order chi connectivity index (χ0) is 12.4. The smallest absolute Gasteiger partial charge is 0.306 e. The van der Waals surface area contributed by atoms with Gasteiger partial charge in [-0.1, -0.05) is 0 Å². The van der Waals surface area contributed by atoms with Crippen molar-refractivity contribution in [3.05, 3.63) is 0 Å². The molecule has 5 nitrogen and oxygen atoms in total. The van der Waals surface area contributed by atoms with Crippen molar-refractivity contribution >= 4 is 37.2 Å². The van der Waals surface area contributed by atoms with Gasteiger partial charge in [0, 0.05) is 31.3 Å². The molecular formula is C8H17Cl2N2O3P. The number of hydrogen-bond acceptors (Lipinski definition) is 3. The Morgan fingerprint density at radius 1 is 1.31 bits per heavy atom. The molecule has 0 fully saturated rings. The molecule has 1 unspecified atom stereocenters. The van der Waals surface area contributed by atoms with E-state index in [9.17, 15) is 9.36 Å². The molecule has 0 radical (unpaired) electrons. The van der Waals surface area contributed by atoms with E-state index in [0.29, 0.717) is 37.7 Å². The molecule has 0 bridgehead atoms. The maximum Gasteiger partial charge on any atom is 0.340 e. The fourth-order valence-electron chi connectivity index (χ4n) is 1.03. The first-order chi connectivity index (χ1) is 7.58. The lowest BCUT2D eigenvalue weighted by atomic mass is 10.4. The predicted molar refractivity (Wildman–Crippen MR) is 66.1 cm³/mol. The lowest BCUT2D eigenvalue weighted by Gasteiger charge is -2.26. The maximum atomic E-state index is 11.9. The SMILES string of the molecule is NP(=O)(OCCCC=O)N(CCCl)CCCl. The van der Waals surface area contributed by atoms with Crippen LogP contribution in [0.4, 0.5) is 0 Å². The molecule has 0 heterocycles. The minimum absolute atomic E-state index is 0.188. The number of carbonyl (C=O) groups excluding carboxylic acids is 1. The zero-order valence-corrected chi connectivity index (χ0v) is 11.4. The second-order valence-corrected chi connectivity index (χ2v) is 5.75. The van der Waals surface area contributed by atoms with Crippen molar-refractivity contribution in [2.75, 3.05) is 31.5 Å². The van der Waals surface area contributed by atoms with Gasteiger partial charge in [-0.05, 0) is 6.42 Å². The van der Waals surface area contributed by atoms with E-state index in [0.717, 1.165) is 6.29 Å². The molecule has 0 spiro atoms. The van der Waals surface area contributed by atoms with Crippen molar-refractivity contribution in [3.8, 4) is 0 Å². The molecule has 0 saturated carbocycles. The number of carbonyl (C=O) groups is 1. The topological polar surface area (TPSA) is 72.6 Å². The average molecular weight is 291 g/mol. The van der Waals surface area contributed by atoms with Gasteiger partial charge in [-0.15, -0.1) is 23.2 Å². The fraction of sp³-hybridized carbons (Fsp3) is 0.875. The van der Waals surface area contributed by atoms with Gasteiger partial charge >= 0.3 is 7.67 Å². The van der Waals surface area contributed by atoms with Gasteiger partial charge in [0.2, 0.25) is 0 Å². The first-order valence-electron chi connectivity index (χ1n) is 4.92. The van der Waals surface area contributed by atoms with Crippen LogP contribution in [0.15, 0.2) is 0 Å². The van der Waals surface area contributed by atoms with E-state index < -0.39 is 7.67 Å². The molecule has 0 aliphatic rings. The number of aldehydes is 1. The minimum atomic E-state index is -3.33. The Morgan fingerprint density at radius 3 is 2.31 bits per heavy atom. The average Bonchev–Trinajstić information content (AvgIpc) is 2.24. The molecule has 8 heteroatoms. The monoisotopic (exact) mass is 290 g/mol. The lowest BCUT2D eigenvalue weighted by molar-refractivity contribution is -0.108. The molecule has 0 aliphatic carbocycles. The molecule has 96 valence electrons. The van der Waals surface area contributed by atoms with Gasteiger partial charge in [0.1, 0.15) is 6.29 Å². The molecule has 1 atom stereocenters. The molecule has 0 rings (SSSR count). The quantitative estimate of drug-likeness (QED) is 0.288. The van der Waals surface area contributed by atoms with Crippen molar-refractivity contribution in [2.24, 2.45) is 5.50 Å². The molecule has 0 saturated heterocycles. The van der Waals surface area contributed by atoms with Gasteiger partial charge in [-0.2, -0.15) is 0 Å². The molecule has 0 aromatic carbocycles. The van der Waals surface area contributed by atoms with Crippen LogP contribution in [-0.4, -0.2) is 42.4 Å². The van der Waals surface area contributed by atoms with Crippen molar-refractivity contribution < 1.29 is 13.9 Å². The Labute approximate surface area is 106 Å².